The maximum Gasteiger partial charge on any atom is 0.305 e. The van der Waals surface area contributed by atoms with E-state index in [0.29, 0.717) is 0 Å². The summed E-state index contributed by atoms with van der Waals surface area (Å²) in [5.74, 6) is -2.72. The van der Waals surface area contributed by atoms with E-state index in [1.54, 1.807) is 0 Å². The highest BCUT2D eigenvalue weighted by atomic mass is 19.1. The van der Waals surface area contributed by atoms with Crippen molar-refractivity contribution in [3.63, 3.8) is 0 Å². The Kier molecular flexibility index (Phi) is 4.08. The molecule has 0 radical (unpaired) electrons. The molecule has 0 spiro atoms. The van der Waals surface area contributed by atoms with Gasteiger partial charge in [0.15, 0.2) is 0 Å². The molecule has 92 valence electrons. The summed E-state index contributed by atoms with van der Waals surface area (Å²) < 4.78 is 31.2. The second-order valence-corrected chi connectivity index (χ2v) is 3.21. The van der Waals surface area contributed by atoms with Crippen molar-refractivity contribution < 1.29 is 23.2 Å². The number of hydrogen-bond donors (Lipinski definition) is 0. The van der Waals surface area contributed by atoms with E-state index in [0.717, 1.165) is 19.1 Å². The number of nitrogens with zero attached hydrogens (tertiary/aromatic N) is 1. The standard InChI is InChI=1S/C10H9F2NO4/c1-6(14)17-5-4-7-8(11)2-3-9(10(7)12)13(15)16/h2-3H,4-5H2,1H3. The molecule has 0 aliphatic heterocycles. The Bertz CT molecular complexity index is 462. The number of esters is 1. The van der Waals surface area contributed by atoms with Crippen LogP contribution in [0.2, 0.25) is 0 Å². The molecule has 0 fully saturated rings. The third-order valence-electron chi connectivity index (χ3n) is 2.02. The number of nitro benzene ring substituents is 1. The topological polar surface area (TPSA) is 69.4 Å². The molecule has 0 heterocycles. The van der Waals surface area contributed by atoms with Gasteiger partial charge in [-0.1, -0.05) is 0 Å². The monoisotopic (exact) mass is 245 g/mol. The minimum absolute atomic E-state index is 0.232. The van der Waals surface area contributed by atoms with Gasteiger partial charge < -0.3 is 4.74 Å². The number of ether oxygens (including phenoxy) is 1. The number of hydrogen-bond acceptors (Lipinski definition) is 4. The highest BCUT2D eigenvalue weighted by molar-refractivity contribution is 5.65. The fraction of sp³-hybridized carbons (Fsp3) is 0.300. The van der Waals surface area contributed by atoms with Gasteiger partial charge in [-0.3, -0.25) is 14.9 Å². The summed E-state index contributed by atoms with van der Waals surface area (Å²) in [5, 5.41) is 10.4. The summed E-state index contributed by atoms with van der Waals surface area (Å²) >= 11 is 0. The normalized spacial score (nSPS) is 10.1. The Morgan fingerprint density at radius 3 is 2.65 bits per heavy atom. The van der Waals surface area contributed by atoms with Crippen LogP contribution in [0.15, 0.2) is 12.1 Å². The van der Waals surface area contributed by atoms with Crippen molar-refractivity contribution in [2.45, 2.75) is 13.3 Å². The van der Waals surface area contributed by atoms with Crippen LogP contribution in [-0.2, 0) is 16.0 Å². The first kappa shape index (κ1) is 13.0. The Labute approximate surface area is 95.2 Å². The average molecular weight is 245 g/mol. The van der Waals surface area contributed by atoms with Crippen molar-refractivity contribution in [2.24, 2.45) is 0 Å². The highest BCUT2D eigenvalue weighted by Crippen LogP contribution is 2.23. The van der Waals surface area contributed by atoms with Crippen LogP contribution in [0.1, 0.15) is 12.5 Å². The molecule has 1 rings (SSSR count). The maximum absolute atomic E-state index is 13.5. The lowest BCUT2D eigenvalue weighted by Gasteiger charge is -2.05. The van der Waals surface area contributed by atoms with E-state index in [1.807, 2.05) is 0 Å². The quantitative estimate of drug-likeness (QED) is 0.462. The van der Waals surface area contributed by atoms with Crippen molar-refractivity contribution in [1.29, 1.82) is 0 Å². The van der Waals surface area contributed by atoms with Gasteiger partial charge in [-0.25, -0.2) is 4.39 Å². The number of nitro groups is 1. The van der Waals surface area contributed by atoms with Crippen LogP contribution in [0, 0.1) is 21.7 Å². The van der Waals surface area contributed by atoms with Crippen LogP contribution in [0.4, 0.5) is 14.5 Å². The zero-order chi connectivity index (χ0) is 13.0. The van der Waals surface area contributed by atoms with Crippen molar-refractivity contribution in [3.05, 3.63) is 39.4 Å². The molecular formula is C10H9F2NO4. The molecule has 5 nitrogen and oxygen atoms in total. The van der Waals surface area contributed by atoms with Crippen LogP contribution in [-0.4, -0.2) is 17.5 Å². The molecule has 0 amide bonds. The molecule has 1 aromatic rings. The second-order valence-electron chi connectivity index (χ2n) is 3.21. The Balaban J connectivity index is 2.93. The minimum atomic E-state index is -1.23. The van der Waals surface area contributed by atoms with Gasteiger partial charge in [0.25, 0.3) is 0 Å². The van der Waals surface area contributed by atoms with Crippen molar-refractivity contribution in [3.8, 4) is 0 Å². The fourth-order valence-corrected chi connectivity index (χ4v) is 1.25. The summed E-state index contributed by atoms with van der Waals surface area (Å²) in [5.41, 5.74) is -1.26. The van der Waals surface area contributed by atoms with Crippen LogP contribution in [0.3, 0.4) is 0 Å². The van der Waals surface area contributed by atoms with Gasteiger partial charge in [-0.15, -0.1) is 0 Å². The third kappa shape index (κ3) is 3.20. The predicted molar refractivity (Wildman–Crippen MR) is 53.3 cm³/mol. The summed E-state index contributed by atoms with van der Waals surface area (Å²) in [4.78, 5) is 19.9. The fourth-order valence-electron chi connectivity index (χ4n) is 1.25. The van der Waals surface area contributed by atoms with E-state index in [2.05, 4.69) is 4.74 Å². The Morgan fingerprint density at radius 1 is 1.47 bits per heavy atom. The van der Waals surface area contributed by atoms with E-state index < -0.39 is 33.8 Å². The number of carbonyl (C=O) groups excluding carboxylic acids is 1. The van der Waals surface area contributed by atoms with Gasteiger partial charge in [0.1, 0.15) is 5.82 Å². The molecule has 0 bridgehead atoms. The van der Waals surface area contributed by atoms with Crippen LogP contribution >= 0.6 is 0 Å². The number of benzene rings is 1. The van der Waals surface area contributed by atoms with Gasteiger partial charge in [0.05, 0.1) is 11.5 Å². The molecule has 0 N–H and O–H groups in total. The van der Waals surface area contributed by atoms with Crippen molar-refractivity contribution >= 4 is 11.7 Å². The average Bonchev–Trinajstić information content (AvgIpc) is 2.21. The van der Waals surface area contributed by atoms with Gasteiger partial charge in [-0.05, 0) is 6.07 Å². The molecule has 1 aromatic carbocycles. The van der Waals surface area contributed by atoms with Gasteiger partial charge >= 0.3 is 11.7 Å². The van der Waals surface area contributed by atoms with Gasteiger partial charge in [-0.2, -0.15) is 4.39 Å². The third-order valence-corrected chi connectivity index (χ3v) is 2.02. The first-order valence-electron chi connectivity index (χ1n) is 4.68. The molecule has 17 heavy (non-hydrogen) atoms. The SMILES string of the molecule is CC(=O)OCCc1c(F)ccc([N+](=O)[O-])c1F. The largest absolute Gasteiger partial charge is 0.466 e. The van der Waals surface area contributed by atoms with Crippen LogP contribution in [0.25, 0.3) is 0 Å². The molecule has 0 saturated carbocycles. The lowest BCUT2D eigenvalue weighted by Crippen LogP contribution is -2.07. The number of carbonyl (C=O) groups is 1. The van der Waals surface area contributed by atoms with Crippen LogP contribution < -0.4 is 0 Å². The lowest BCUT2D eigenvalue weighted by molar-refractivity contribution is -0.387. The Morgan fingerprint density at radius 2 is 2.12 bits per heavy atom. The molecule has 0 saturated heterocycles. The minimum Gasteiger partial charge on any atom is -0.466 e. The predicted octanol–water partition coefficient (Wildman–Crippen LogP) is 1.98. The summed E-state index contributed by atoms with van der Waals surface area (Å²) in [6, 6.07) is 1.56. The molecule has 0 aromatic heterocycles. The highest BCUT2D eigenvalue weighted by Gasteiger charge is 2.21. The molecule has 7 heteroatoms. The van der Waals surface area contributed by atoms with Crippen molar-refractivity contribution in [2.75, 3.05) is 6.61 Å². The lowest BCUT2D eigenvalue weighted by atomic mass is 10.1. The van der Waals surface area contributed by atoms with Gasteiger partial charge in [0, 0.05) is 25.0 Å². The number of halogens is 2. The van der Waals surface area contributed by atoms with E-state index in [1.165, 1.54) is 0 Å². The zero-order valence-corrected chi connectivity index (χ0v) is 8.91. The van der Waals surface area contributed by atoms with Crippen LogP contribution in [0.5, 0.6) is 0 Å². The van der Waals surface area contributed by atoms with E-state index in [-0.39, 0.29) is 13.0 Å². The van der Waals surface area contributed by atoms with E-state index in [4.69, 9.17) is 0 Å². The maximum atomic E-state index is 13.5. The Hall–Kier alpha value is -2.05. The molecule has 0 atom stereocenters. The first-order valence-corrected chi connectivity index (χ1v) is 4.68. The second kappa shape index (κ2) is 5.33. The van der Waals surface area contributed by atoms with E-state index in [9.17, 15) is 23.7 Å². The number of rotatable bonds is 4. The molecular weight excluding hydrogens is 236 g/mol. The van der Waals surface area contributed by atoms with Crippen molar-refractivity contribution in [1.82, 2.24) is 0 Å². The molecule has 0 aliphatic rings. The zero-order valence-electron chi connectivity index (χ0n) is 8.91. The van der Waals surface area contributed by atoms with Gasteiger partial charge in [0.2, 0.25) is 5.82 Å². The molecule has 0 unspecified atom stereocenters. The summed E-state index contributed by atoms with van der Waals surface area (Å²) in [6.45, 7) is 0.921. The summed E-state index contributed by atoms with van der Waals surface area (Å²) in [7, 11) is 0. The first-order chi connectivity index (χ1) is 7.93. The smallest absolute Gasteiger partial charge is 0.305 e. The summed E-state index contributed by atoms with van der Waals surface area (Å²) in [6.07, 6.45) is -0.251. The molecule has 0 aliphatic carbocycles. The van der Waals surface area contributed by atoms with E-state index >= 15 is 0 Å².